The summed E-state index contributed by atoms with van der Waals surface area (Å²) in [5.41, 5.74) is 1.05. The largest absolute Gasteiger partial charge is 0.467 e. The van der Waals surface area contributed by atoms with Gasteiger partial charge in [-0.25, -0.2) is 0 Å². The van der Waals surface area contributed by atoms with Crippen LogP contribution in [-0.4, -0.2) is 16.9 Å². The highest BCUT2D eigenvalue weighted by molar-refractivity contribution is 5.81. The molecule has 2 atom stereocenters. The summed E-state index contributed by atoms with van der Waals surface area (Å²) in [5.74, 6) is 0.683. The lowest BCUT2D eigenvalue weighted by Gasteiger charge is -2.19. The standard InChI is InChI=1S/C15H19N3O2/c1-11(13-5-3-7-16-9-13)18-12(2)15(19)17-10-14-6-4-8-20-14/h3-9,11-12,18H,10H2,1-2H3,(H,17,19)/t11-,12?/m1/s1. The summed E-state index contributed by atoms with van der Waals surface area (Å²) in [4.78, 5) is 16.0. The first-order valence-electron chi connectivity index (χ1n) is 6.63. The number of aromatic nitrogens is 1. The molecule has 1 amide bonds. The highest BCUT2D eigenvalue weighted by atomic mass is 16.3. The molecule has 2 aromatic rings. The van der Waals surface area contributed by atoms with Crippen LogP contribution in [0.1, 0.15) is 31.2 Å². The summed E-state index contributed by atoms with van der Waals surface area (Å²) < 4.78 is 5.17. The van der Waals surface area contributed by atoms with E-state index < -0.39 is 0 Å². The number of pyridine rings is 1. The molecule has 1 unspecified atom stereocenters. The van der Waals surface area contributed by atoms with Crippen LogP contribution in [0.2, 0.25) is 0 Å². The van der Waals surface area contributed by atoms with Crippen molar-refractivity contribution in [1.29, 1.82) is 0 Å². The predicted molar refractivity (Wildman–Crippen MR) is 75.8 cm³/mol. The third-order valence-electron chi connectivity index (χ3n) is 3.09. The Morgan fingerprint density at radius 2 is 2.20 bits per heavy atom. The Kier molecular flexibility index (Phi) is 4.90. The van der Waals surface area contributed by atoms with Crippen LogP contribution < -0.4 is 10.6 Å². The number of hydrogen-bond donors (Lipinski definition) is 2. The van der Waals surface area contributed by atoms with Crippen molar-refractivity contribution in [2.75, 3.05) is 0 Å². The molecule has 0 bridgehead atoms. The van der Waals surface area contributed by atoms with Gasteiger partial charge in [0.1, 0.15) is 5.76 Å². The molecule has 2 heterocycles. The van der Waals surface area contributed by atoms with Crippen LogP contribution in [0.4, 0.5) is 0 Å². The molecule has 0 aromatic carbocycles. The maximum Gasteiger partial charge on any atom is 0.237 e. The summed E-state index contributed by atoms with van der Waals surface area (Å²) in [6, 6.07) is 7.27. The van der Waals surface area contributed by atoms with Gasteiger partial charge in [-0.3, -0.25) is 15.1 Å². The van der Waals surface area contributed by atoms with Gasteiger partial charge in [-0.15, -0.1) is 0 Å². The van der Waals surface area contributed by atoms with Crippen LogP contribution in [0.3, 0.4) is 0 Å². The average molecular weight is 273 g/mol. The number of amides is 1. The molecule has 106 valence electrons. The van der Waals surface area contributed by atoms with E-state index in [0.29, 0.717) is 6.54 Å². The number of carbonyl (C=O) groups excluding carboxylic acids is 1. The minimum Gasteiger partial charge on any atom is -0.467 e. The fourth-order valence-electron chi connectivity index (χ4n) is 1.92. The van der Waals surface area contributed by atoms with Crippen molar-refractivity contribution in [2.24, 2.45) is 0 Å². The van der Waals surface area contributed by atoms with Gasteiger partial charge in [0.15, 0.2) is 0 Å². The van der Waals surface area contributed by atoms with Crippen molar-refractivity contribution in [3.63, 3.8) is 0 Å². The maximum absolute atomic E-state index is 12.0. The first kappa shape index (κ1) is 14.3. The summed E-state index contributed by atoms with van der Waals surface area (Å²) in [6.07, 6.45) is 5.12. The van der Waals surface area contributed by atoms with E-state index in [9.17, 15) is 4.79 Å². The van der Waals surface area contributed by atoms with E-state index in [1.165, 1.54) is 0 Å². The second-order valence-electron chi connectivity index (χ2n) is 4.69. The SMILES string of the molecule is CC(N[C@H](C)c1cccnc1)C(=O)NCc1ccco1. The molecule has 20 heavy (non-hydrogen) atoms. The number of hydrogen-bond acceptors (Lipinski definition) is 4. The molecule has 0 aliphatic heterocycles. The minimum absolute atomic E-state index is 0.0582. The smallest absolute Gasteiger partial charge is 0.237 e. The van der Waals surface area contributed by atoms with E-state index in [1.54, 1.807) is 24.7 Å². The zero-order valence-electron chi connectivity index (χ0n) is 11.7. The fraction of sp³-hybridized carbons (Fsp3) is 0.333. The first-order chi connectivity index (χ1) is 9.66. The Bertz CT molecular complexity index is 525. The number of carbonyl (C=O) groups is 1. The Balaban J connectivity index is 1.81. The first-order valence-corrected chi connectivity index (χ1v) is 6.63. The van der Waals surface area contributed by atoms with Crippen LogP contribution in [0.5, 0.6) is 0 Å². The van der Waals surface area contributed by atoms with Gasteiger partial charge in [-0.2, -0.15) is 0 Å². The van der Waals surface area contributed by atoms with Crippen molar-refractivity contribution < 1.29 is 9.21 Å². The highest BCUT2D eigenvalue weighted by Gasteiger charge is 2.16. The fourth-order valence-corrected chi connectivity index (χ4v) is 1.92. The van der Waals surface area contributed by atoms with Crippen LogP contribution in [0.15, 0.2) is 47.3 Å². The molecule has 2 aromatic heterocycles. The molecule has 2 rings (SSSR count). The van der Waals surface area contributed by atoms with E-state index in [0.717, 1.165) is 11.3 Å². The van der Waals surface area contributed by atoms with Gasteiger partial charge in [0.2, 0.25) is 5.91 Å². The van der Waals surface area contributed by atoms with Crippen LogP contribution >= 0.6 is 0 Å². The third-order valence-corrected chi connectivity index (χ3v) is 3.09. The van der Waals surface area contributed by atoms with Crippen molar-refractivity contribution >= 4 is 5.91 Å². The highest BCUT2D eigenvalue weighted by Crippen LogP contribution is 2.10. The zero-order valence-corrected chi connectivity index (χ0v) is 11.7. The molecule has 5 nitrogen and oxygen atoms in total. The Labute approximate surface area is 118 Å². The van der Waals surface area contributed by atoms with Crippen LogP contribution in [0.25, 0.3) is 0 Å². The molecule has 0 saturated heterocycles. The van der Waals surface area contributed by atoms with E-state index >= 15 is 0 Å². The van der Waals surface area contributed by atoms with E-state index in [4.69, 9.17) is 4.42 Å². The van der Waals surface area contributed by atoms with Crippen molar-refractivity contribution in [1.82, 2.24) is 15.6 Å². The van der Waals surface area contributed by atoms with Crippen molar-refractivity contribution in [2.45, 2.75) is 32.5 Å². The van der Waals surface area contributed by atoms with E-state index in [-0.39, 0.29) is 18.0 Å². The van der Waals surface area contributed by atoms with Gasteiger partial charge >= 0.3 is 0 Å². The van der Waals surface area contributed by atoms with Gasteiger partial charge in [0, 0.05) is 18.4 Å². The minimum atomic E-state index is -0.292. The number of nitrogens with one attached hydrogen (secondary N) is 2. The van der Waals surface area contributed by atoms with Gasteiger partial charge < -0.3 is 9.73 Å². The molecule has 2 N–H and O–H groups in total. The zero-order chi connectivity index (χ0) is 14.4. The Hall–Kier alpha value is -2.14. The van der Waals surface area contributed by atoms with Gasteiger partial charge in [0.05, 0.1) is 18.8 Å². The van der Waals surface area contributed by atoms with Gasteiger partial charge in [-0.1, -0.05) is 6.07 Å². The maximum atomic E-state index is 12.0. The molecular weight excluding hydrogens is 254 g/mol. The van der Waals surface area contributed by atoms with Gasteiger partial charge in [-0.05, 0) is 37.6 Å². The second-order valence-corrected chi connectivity index (χ2v) is 4.69. The summed E-state index contributed by atoms with van der Waals surface area (Å²) >= 11 is 0. The average Bonchev–Trinajstić information content (AvgIpc) is 2.98. The molecule has 0 aliphatic rings. The van der Waals surface area contributed by atoms with Crippen molar-refractivity contribution in [3.8, 4) is 0 Å². The molecule has 0 fully saturated rings. The molecular formula is C15H19N3O2. The summed E-state index contributed by atoms with van der Waals surface area (Å²) in [6.45, 7) is 4.25. The number of furan rings is 1. The van der Waals surface area contributed by atoms with Crippen LogP contribution in [0, 0.1) is 0 Å². The Morgan fingerprint density at radius 1 is 1.35 bits per heavy atom. The predicted octanol–water partition coefficient (Wildman–Crippen LogP) is 2.03. The number of rotatable bonds is 6. The van der Waals surface area contributed by atoms with E-state index in [1.807, 2.05) is 32.0 Å². The van der Waals surface area contributed by atoms with E-state index in [2.05, 4.69) is 15.6 Å². The lowest BCUT2D eigenvalue weighted by atomic mass is 10.1. The monoisotopic (exact) mass is 273 g/mol. The molecule has 0 radical (unpaired) electrons. The topological polar surface area (TPSA) is 67.2 Å². The lowest BCUT2D eigenvalue weighted by molar-refractivity contribution is -0.123. The second kappa shape index (κ2) is 6.86. The molecule has 0 aliphatic carbocycles. The number of nitrogens with zero attached hydrogens (tertiary/aromatic N) is 1. The Morgan fingerprint density at radius 3 is 2.85 bits per heavy atom. The molecule has 0 spiro atoms. The van der Waals surface area contributed by atoms with Crippen LogP contribution in [-0.2, 0) is 11.3 Å². The third kappa shape index (κ3) is 3.93. The molecule has 5 heteroatoms. The summed E-state index contributed by atoms with van der Waals surface area (Å²) in [7, 11) is 0. The van der Waals surface area contributed by atoms with Gasteiger partial charge in [0.25, 0.3) is 0 Å². The lowest BCUT2D eigenvalue weighted by Crippen LogP contribution is -2.42. The molecule has 0 saturated carbocycles. The quantitative estimate of drug-likeness (QED) is 0.845. The van der Waals surface area contributed by atoms with Crippen molar-refractivity contribution in [3.05, 3.63) is 54.2 Å². The summed E-state index contributed by atoms with van der Waals surface area (Å²) in [5, 5.41) is 6.07. The normalized spacial score (nSPS) is 13.7.